The Balaban J connectivity index is 2.00. The molecule has 7 heteroatoms. The zero-order chi connectivity index (χ0) is 15.6. The van der Waals surface area contributed by atoms with E-state index in [0.717, 1.165) is 15.8 Å². The van der Waals surface area contributed by atoms with Gasteiger partial charge in [0.2, 0.25) is 0 Å². The summed E-state index contributed by atoms with van der Waals surface area (Å²) in [7, 11) is 1.75. The number of urea groups is 1. The van der Waals surface area contributed by atoms with Gasteiger partial charge in [-0.1, -0.05) is 0 Å². The lowest BCUT2D eigenvalue weighted by molar-refractivity contribution is -0.150. The fourth-order valence-corrected chi connectivity index (χ4v) is 3.79. The first kappa shape index (κ1) is 16.3. The Morgan fingerprint density at radius 1 is 1.57 bits per heavy atom. The third-order valence-corrected chi connectivity index (χ3v) is 5.40. The van der Waals surface area contributed by atoms with Gasteiger partial charge in [0.05, 0.1) is 9.20 Å². The van der Waals surface area contributed by atoms with Gasteiger partial charge in [-0.15, -0.1) is 11.3 Å². The molecule has 0 saturated carbocycles. The molecular weight excluding hydrogens is 356 g/mol. The maximum absolute atomic E-state index is 12.5. The molecule has 2 rings (SSSR count). The normalized spacial score (nSPS) is 22.1. The fourth-order valence-electron chi connectivity index (χ4n) is 2.59. The van der Waals surface area contributed by atoms with Crippen molar-refractivity contribution in [3.8, 4) is 0 Å². The monoisotopic (exact) mass is 374 g/mol. The zero-order valence-electron chi connectivity index (χ0n) is 12.1. The number of rotatable bonds is 3. The van der Waals surface area contributed by atoms with Gasteiger partial charge in [0.15, 0.2) is 0 Å². The van der Waals surface area contributed by atoms with Crippen LogP contribution in [-0.4, -0.2) is 47.0 Å². The summed E-state index contributed by atoms with van der Waals surface area (Å²) in [6, 6.07) is 1.89. The highest BCUT2D eigenvalue weighted by molar-refractivity contribution is 9.11. The first-order valence-electron chi connectivity index (χ1n) is 6.78. The van der Waals surface area contributed by atoms with Gasteiger partial charge in [0.25, 0.3) is 0 Å². The highest BCUT2D eigenvalue weighted by Crippen LogP contribution is 2.30. The van der Waals surface area contributed by atoms with Crippen molar-refractivity contribution in [3.05, 3.63) is 20.8 Å². The van der Waals surface area contributed by atoms with Gasteiger partial charge < -0.3 is 14.9 Å². The molecule has 116 valence electrons. The van der Waals surface area contributed by atoms with E-state index in [1.807, 2.05) is 11.4 Å². The molecule has 1 aromatic rings. The van der Waals surface area contributed by atoms with Crippen molar-refractivity contribution in [2.75, 3.05) is 20.1 Å². The maximum Gasteiger partial charge on any atom is 0.320 e. The Hall–Kier alpha value is -1.08. The summed E-state index contributed by atoms with van der Waals surface area (Å²) < 4.78 is 1.04. The number of hydrogen-bond donors (Lipinski definition) is 1. The van der Waals surface area contributed by atoms with Crippen LogP contribution in [0.4, 0.5) is 4.79 Å². The molecule has 1 aliphatic rings. The summed E-state index contributed by atoms with van der Waals surface area (Å²) in [5.74, 6) is -0.829. The van der Waals surface area contributed by atoms with Crippen LogP contribution in [0.25, 0.3) is 0 Å². The van der Waals surface area contributed by atoms with Crippen molar-refractivity contribution in [1.29, 1.82) is 0 Å². The SMILES string of the molecule is CN(Cc1csc(Br)c1)C(=O)N1CCCC(C)(C(=O)O)C1. The number of carbonyl (C=O) groups excluding carboxylic acids is 1. The Labute approximate surface area is 136 Å². The minimum absolute atomic E-state index is 0.107. The molecule has 21 heavy (non-hydrogen) atoms. The van der Waals surface area contributed by atoms with Crippen molar-refractivity contribution in [2.45, 2.75) is 26.3 Å². The van der Waals surface area contributed by atoms with Gasteiger partial charge in [-0.05, 0) is 52.7 Å². The van der Waals surface area contributed by atoms with E-state index >= 15 is 0 Å². The lowest BCUT2D eigenvalue weighted by Gasteiger charge is -2.39. The van der Waals surface area contributed by atoms with E-state index in [1.165, 1.54) is 0 Å². The first-order chi connectivity index (χ1) is 9.82. The van der Waals surface area contributed by atoms with Gasteiger partial charge in [-0.25, -0.2) is 4.79 Å². The fraction of sp³-hybridized carbons (Fsp3) is 0.571. The van der Waals surface area contributed by atoms with Gasteiger partial charge in [-0.3, -0.25) is 4.79 Å². The number of likely N-dealkylation sites (tertiary alicyclic amines) is 1. The lowest BCUT2D eigenvalue weighted by Crippen LogP contribution is -2.51. The van der Waals surface area contributed by atoms with E-state index in [9.17, 15) is 14.7 Å². The first-order valence-corrected chi connectivity index (χ1v) is 8.45. The Bertz CT molecular complexity index is 548. The average molecular weight is 375 g/mol. The minimum atomic E-state index is -0.833. The number of carboxylic acids is 1. The number of carboxylic acid groups (broad SMARTS) is 1. The lowest BCUT2D eigenvalue weighted by atomic mass is 9.82. The second kappa shape index (κ2) is 6.36. The molecular formula is C14H19BrN2O3S. The van der Waals surface area contributed by atoms with Crippen LogP contribution in [0, 0.1) is 5.41 Å². The van der Waals surface area contributed by atoms with Crippen LogP contribution in [0.1, 0.15) is 25.3 Å². The summed E-state index contributed by atoms with van der Waals surface area (Å²) in [4.78, 5) is 27.1. The highest BCUT2D eigenvalue weighted by atomic mass is 79.9. The molecule has 1 unspecified atom stereocenters. The van der Waals surface area contributed by atoms with Crippen molar-refractivity contribution >= 4 is 39.3 Å². The van der Waals surface area contributed by atoms with E-state index in [2.05, 4.69) is 15.9 Å². The van der Waals surface area contributed by atoms with E-state index in [4.69, 9.17) is 0 Å². The van der Waals surface area contributed by atoms with Gasteiger partial charge in [0.1, 0.15) is 0 Å². The van der Waals surface area contributed by atoms with Crippen LogP contribution in [0.3, 0.4) is 0 Å². The number of amides is 2. The van der Waals surface area contributed by atoms with Crippen molar-refractivity contribution in [2.24, 2.45) is 5.41 Å². The summed E-state index contributed by atoms with van der Waals surface area (Å²) in [5, 5.41) is 11.3. The molecule has 1 aromatic heterocycles. The molecule has 1 atom stereocenters. The standard InChI is InChI=1S/C14H19BrN2O3S/c1-14(12(18)19)4-3-5-17(9-14)13(20)16(2)7-10-6-11(15)21-8-10/h6,8H,3-5,7,9H2,1-2H3,(H,18,19). The van der Waals surface area contributed by atoms with Crippen LogP contribution in [0.5, 0.6) is 0 Å². The Kier molecular flexibility index (Phi) is 4.93. The Morgan fingerprint density at radius 3 is 2.86 bits per heavy atom. The van der Waals surface area contributed by atoms with Crippen LogP contribution in [-0.2, 0) is 11.3 Å². The maximum atomic E-state index is 12.5. The number of carbonyl (C=O) groups is 2. The van der Waals surface area contributed by atoms with E-state index in [0.29, 0.717) is 19.5 Å². The van der Waals surface area contributed by atoms with Crippen LogP contribution < -0.4 is 0 Å². The Morgan fingerprint density at radius 2 is 2.29 bits per heavy atom. The third kappa shape index (κ3) is 3.77. The molecule has 1 saturated heterocycles. The number of halogens is 1. The smallest absolute Gasteiger partial charge is 0.320 e. The van der Waals surface area contributed by atoms with E-state index < -0.39 is 11.4 Å². The number of thiophene rings is 1. The van der Waals surface area contributed by atoms with Crippen LogP contribution >= 0.6 is 27.3 Å². The largest absolute Gasteiger partial charge is 0.481 e. The molecule has 0 bridgehead atoms. The molecule has 5 nitrogen and oxygen atoms in total. The van der Waals surface area contributed by atoms with Crippen molar-refractivity contribution in [1.82, 2.24) is 9.80 Å². The number of aliphatic carboxylic acids is 1. The summed E-state index contributed by atoms with van der Waals surface area (Å²) in [5.41, 5.74) is 0.237. The summed E-state index contributed by atoms with van der Waals surface area (Å²) in [6.07, 6.45) is 1.35. The van der Waals surface area contributed by atoms with Gasteiger partial charge in [-0.2, -0.15) is 0 Å². The molecule has 1 aliphatic heterocycles. The second-order valence-electron chi connectivity index (χ2n) is 5.79. The topological polar surface area (TPSA) is 60.9 Å². The molecule has 0 aromatic carbocycles. The molecule has 1 fully saturated rings. The molecule has 0 spiro atoms. The average Bonchev–Trinajstić information content (AvgIpc) is 2.83. The van der Waals surface area contributed by atoms with Gasteiger partial charge in [0, 0.05) is 26.7 Å². The molecule has 1 N–H and O–H groups in total. The third-order valence-electron chi connectivity index (χ3n) is 3.85. The predicted molar refractivity (Wildman–Crippen MR) is 85.4 cm³/mol. The second-order valence-corrected chi connectivity index (χ2v) is 8.08. The summed E-state index contributed by atoms with van der Waals surface area (Å²) in [6.45, 7) is 3.14. The van der Waals surface area contributed by atoms with Crippen LogP contribution in [0.15, 0.2) is 15.2 Å². The van der Waals surface area contributed by atoms with E-state index in [1.54, 1.807) is 35.1 Å². The number of piperidine rings is 1. The quantitative estimate of drug-likeness (QED) is 0.882. The van der Waals surface area contributed by atoms with Gasteiger partial charge >= 0.3 is 12.0 Å². The molecule has 0 aliphatic carbocycles. The zero-order valence-corrected chi connectivity index (χ0v) is 14.5. The van der Waals surface area contributed by atoms with Crippen molar-refractivity contribution < 1.29 is 14.7 Å². The molecule has 2 heterocycles. The number of nitrogens with zero attached hydrogens (tertiary/aromatic N) is 2. The molecule has 0 radical (unpaired) electrons. The molecule has 2 amide bonds. The van der Waals surface area contributed by atoms with Crippen molar-refractivity contribution in [3.63, 3.8) is 0 Å². The number of hydrogen-bond acceptors (Lipinski definition) is 3. The predicted octanol–water partition coefficient (Wildman–Crippen LogP) is 3.25. The highest BCUT2D eigenvalue weighted by Gasteiger charge is 2.39. The van der Waals surface area contributed by atoms with Crippen LogP contribution in [0.2, 0.25) is 0 Å². The summed E-state index contributed by atoms with van der Waals surface area (Å²) >= 11 is 4.99. The van der Waals surface area contributed by atoms with E-state index in [-0.39, 0.29) is 12.6 Å². The minimum Gasteiger partial charge on any atom is -0.481 e.